The number of nitrogens with one attached hydrogen (secondary N) is 1. The summed E-state index contributed by atoms with van der Waals surface area (Å²) in [6, 6.07) is 29.8. The maximum atomic E-state index is 14.1. The molecule has 5 heteroatoms. The smallest absolute Gasteiger partial charge is 0.233 e. The first kappa shape index (κ1) is 22.9. The van der Waals surface area contributed by atoms with E-state index >= 15 is 0 Å². The Kier molecular flexibility index (Phi) is 5.01. The molecule has 1 heterocycles. The first-order valence-corrected chi connectivity index (χ1v) is 14.2. The zero-order chi connectivity index (χ0) is 25.4. The highest BCUT2D eigenvalue weighted by Gasteiger charge is 2.59. The van der Waals surface area contributed by atoms with Crippen molar-refractivity contribution in [3.05, 3.63) is 118 Å². The van der Waals surface area contributed by atoms with E-state index in [2.05, 4.69) is 120 Å². The van der Waals surface area contributed by atoms with Gasteiger partial charge < -0.3 is 5.32 Å². The van der Waals surface area contributed by atoms with E-state index in [-0.39, 0.29) is 11.8 Å². The molecular formula is C32H25BrN2OS. The minimum absolute atomic E-state index is 0.0139. The van der Waals surface area contributed by atoms with Gasteiger partial charge in [0.1, 0.15) is 0 Å². The first-order chi connectivity index (χ1) is 17.9. The molecule has 1 unspecified atom stereocenters. The lowest BCUT2D eigenvalue weighted by Gasteiger charge is -2.54. The number of aromatic nitrogens is 1. The highest BCUT2D eigenvalue weighted by molar-refractivity contribution is 9.09. The molecule has 0 fully saturated rings. The number of alkyl halides is 1. The molecule has 2 bridgehead atoms. The van der Waals surface area contributed by atoms with Crippen molar-refractivity contribution in [1.82, 2.24) is 4.98 Å². The molecule has 1 amide bonds. The van der Waals surface area contributed by atoms with Crippen molar-refractivity contribution in [3.63, 3.8) is 0 Å². The Morgan fingerprint density at radius 1 is 0.919 bits per heavy atom. The Hall–Kier alpha value is -3.28. The van der Waals surface area contributed by atoms with Crippen molar-refractivity contribution in [2.75, 3.05) is 5.32 Å². The van der Waals surface area contributed by atoms with E-state index in [1.165, 1.54) is 49.9 Å². The number of fused-ring (bicyclic) bond motifs is 2. The number of halogens is 1. The van der Waals surface area contributed by atoms with Gasteiger partial charge in [0.2, 0.25) is 5.91 Å². The van der Waals surface area contributed by atoms with Gasteiger partial charge in [0.25, 0.3) is 0 Å². The second kappa shape index (κ2) is 8.11. The van der Waals surface area contributed by atoms with Crippen LogP contribution in [0.4, 0.5) is 5.13 Å². The number of carbonyl (C=O) groups is 1. The molecule has 1 aromatic heterocycles. The maximum absolute atomic E-state index is 14.1. The van der Waals surface area contributed by atoms with E-state index in [0.717, 1.165) is 11.3 Å². The summed E-state index contributed by atoms with van der Waals surface area (Å²) in [6.45, 7) is 4.24. The van der Waals surface area contributed by atoms with Gasteiger partial charge in [0, 0.05) is 16.9 Å². The molecule has 3 nitrogen and oxygen atoms in total. The number of carbonyl (C=O) groups excluding carboxylic acids is 1. The maximum Gasteiger partial charge on any atom is 0.233 e. The van der Waals surface area contributed by atoms with Crippen molar-refractivity contribution in [1.29, 1.82) is 0 Å². The van der Waals surface area contributed by atoms with Gasteiger partial charge in [-0.3, -0.25) is 4.79 Å². The Labute approximate surface area is 228 Å². The third-order valence-electron chi connectivity index (χ3n) is 8.31. The summed E-state index contributed by atoms with van der Waals surface area (Å²) >= 11 is 5.61. The molecule has 3 aliphatic rings. The normalized spacial score (nSPS) is 23.5. The van der Waals surface area contributed by atoms with E-state index in [4.69, 9.17) is 4.98 Å². The van der Waals surface area contributed by atoms with E-state index in [9.17, 15) is 4.79 Å². The molecule has 4 aromatic carbocycles. The minimum atomic E-state index is -0.630. The largest absolute Gasteiger partial charge is 0.301 e. The summed E-state index contributed by atoms with van der Waals surface area (Å²) in [4.78, 5) is 18.9. The molecule has 0 radical (unpaired) electrons. The quantitative estimate of drug-likeness (QED) is 0.223. The predicted octanol–water partition coefficient (Wildman–Crippen LogP) is 8.40. The van der Waals surface area contributed by atoms with Gasteiger partial charge in [-0.05, 0) is 58.9 Å². The standard InChI is InChI=1S/C32H25BrN2OS/c1-19-15-16-22(21-10-4-3-9-20(19)21)27-17-37-30(34-27)35-29(36)31(2)18-32(33)25-13-7-5-11-23(25)28(31)24-12-6-8-14-26(24)32/h3-17,28H,18H2,1-2H3,(H,34,35,36). The Morgan fingerprint density at radius 3 is 2.24 bits per heavy atom. The molecule has 8 rings (SSSR count). The van der Waals surface area contributed by atoms with E-state index in [1.807, 2.05) is 5.38 Å². The van der Waals surface area contributed by atoms with Gasteiger partial charge in [0.05, 0.1) is 15.4 Å². The van der Waals surface area contributed by atoms with Gasteiger partial charge in [-0.2, -0.15) is 0 Å². The topological polar surface area (TPSA) is 42.0 Å². The number of amides is 1. The van der Waals surface area contributed by atoms with Crippen LogP contribution >= 0.6 is 27.3 Å². The molecule has 37 heavy (non-hydrogen) atoms. The lowest BCUT2D eigenvalue weighted by molar-refractivity contribution is -0.127. The van der Waals surface area contributed by atoms with Gasteiger partial charge in [-0.15, -0.1) is 11.3 Å². The van der Waals surface area contributed by atoms with Crippen molar-refractivity contribution in [2.24, 2.45) is 5.41 Å². The molecule has 0 saturated heterocycles. The van der Waals surface area contributed by atoms with Crippen molar-refractivity contribution >= 4 is 49.1 Å². The van der Waals surface area contributed by atoms with Crippen LogP contribution in [0.15, 0.2) is 90.3 Å². The molecular weight excluding hydrogens is 540 g/mol. The lowest BCUT2D eigenvalue weighted by atomic mass is 9.52. The Morgan fingerprint density at radius 2 is 1.54 bits per heavy atom. The molecule has 1 atom stereocenters. The average molecular weight is 566 g/mol. The van der Waals surface area contributed by atoms with E-state index in [1.54, 1.807) is 0 Å². The number of hydrogen-bond donors (Lipinski definition) is 1. The van der Waals surface area contributed by atoms with Crippen LogP contribution in [-0.4, -0.2) is 10.9 Å². The second-order valence-corrected chi connectivity index (χ2v) is 12.7. The summed E-state index contributed by atoms with van der Waals surface area (Å²) in [5.74, 6) is -0.000190. The van der Waals surface area contributed by atoms with Crippen molar-refractivity contribution < 1.29 is 4.79 Å². The third-order valence-corrected chi connectivity index (χ3v) is 10.2. The summed E-state index contributed by atoms with van der Waals surface area (Å²) < 4.78 is -0.393. The fraction of sp³-hybridized carbons (Fsp3) is 0.188. The molecule has 5 aromatic rings. The second-order valence-electron chi connectivity index (χ2n) is 10.5. The third kappa shape index (κ3) is 3.23. The summed E-state index contributed by atoms with van der Waals surface area (Å²) in [5, 5.41) is 8.29. The Balaban J connectivity index is 1.26. The van der Waals surface area contributed by atoms with Crippen LogP contribution in [0, 0.1) is 12.3 Å². The molecule has 1 N–H and O–H groups in total. The van der Waals surface area contributed by atoms with E-state index in [0.29, 0.717) is 11.6 Å². The number of hydrogen-bond acceptors (Lipinski definition) is 3. The summed E-state index contributed by atoms with van der Waals surface area (Å²) in [5.41, 5.74) is 7.59. The average Bonchev–Trinajstić information content (AvgIpc) is 3.37. The van der Waals surface area contributed by atoms with Gasteiger partial charge in [0.15, 0.2) is 5.13 Å². The fourth-order valence-electron chi connectivity index (χ4n) is 6.60. The number of rotatable bonds is 3. The van der Waals surface area contributed by atoms with Crippen LogP contribution in [0.2, 0.25) is 0 Å². The summed E-state index contributed by atoms with van der Waals surface area (Å²) in [7, 11) is 0. The van der Waals surface area contributed by atoms with Crippen molar-refractivity contribution in [2.45, 2.75) is 30.5 Å². The molecule has 0 saturated carbocycles. The first-order valence-electron chi connectivity index (χ1n) is 12.5. The molecule has 0 spiro atoms. The molecule has 182 valence electrons. The number of anilines is 1. The highest BCUT2D eigenvalue weighted by Crippen LogP contribution is 2.66. The number of nitrogens with zero attached hydrogens (tertiary/aromatic N) is 1. The Bertz CT molecular complexity index is 1680. The van der Waals surface area contributed by atoms with Crippen LogP contribution in [0.25, 0.3) is 22.0 Å². The van der Waals surface area contributed by atoms with E-state index < -0.39 is 9.74 Å². The molecule has 0 aliphatic heterocycles. The zero-order valence-corrected chi connectivity index (χ0v) is 23.0. The number of benzene rings is 4. The van der Waals surface area contributed by atoms with Gasteiger partial charge in [-0.1, -0.05) is 101 Å². The van der Waals surface area contributed by atoms with Crippen molar-refractivity contribution in [3.8, 4) is 11.3 Å². The van der Waals surface area contributed by atoms with Crippen LogP contribution < -0.4 is 5.32 Å². The predicted molar refractivity (Wildman–Crippen MR) is 156 cm³/mol. The van der Waals surface area contributed by atoms with Crippen LogP contribution in [0.5, 0.6) is 0 Å². The number of thiazole rings is 1. The van der Waals surface area contributed by atoms with Gasteiger partial charge >= 0.3 is 0 Å². The SMILES string of the molecule is Cc1ccc(-c2csc(NC(=O)C3(C)CC4(Br)c5ccccc5C3c3ccccc34)n2)c2ccccc12. The lowest BCUT2D eigenvalue weighted by Crippen LogP contribution is -2.52. The van der Waals surface area contributed by atoms with Gasteiger partial charge in [-0.25, -0.2) is 4.98 Å². The van der Waals surface area contributed by atoms with Crippen LogP contribution in [0.3, 0.4) is 0 Å². The fourth-order valence-corrected chi connectivity index (χ4v) is 8.61. The number of aryl methyl sites for hydroxylation is 1. The van der Waals surface area contributed by atoms with Crippen LogP contribution in [-0.2, 0) is 9.12 Å². The summed E-state index contributed by atoms with van der Waals surface area (Å²) in [6.07, 6.45) is 0.686. The minimum Gasteiger partial charge on any atom is -0.301 e. The molecule has 3 aliphatic carbocycles. The van der Waals surface area contributed by atoms with Crippen LogP contribution in [0.1, 0.15) is 47.1 Å². The highest BCUT2D eigenvalue weighted by atomic mass is 79.9. The monoisotopic (exact) mass is 564 g/mol. The zero-order valence-electron chi connectivity index (χ0n) is 20.6.